The zero-order valence-corrected chi connectivity index (χ0v) is 15.7. The third-order valence-corrected chi connectivity index (χ3v) is 6.52. The monoisotopic (exact) mass is 359 g/mol. The first-order valence-corrected chi connectivity index (χ1v) is 9.91. The van der Waals surface area contributed by atoms with Crippen molar-refractivity contribution in [3.8, 4) is 0 Å². The van der Waals surface area contributed by atoms with E-state index in [-0.39, 0.29) is 0 Å². The molecule has 1 aliphatic carbocycles. The highest BCUT2D eigenvalue weighted by atomic mass is 79.9. The van der Waals surface area contributed by atoms with Gasteiger partial charge in [-0.15, -0.1) is 0 Å². The molecule has 1 saturated heterocycles. The van der Waals surface area contributed by atoms with Crippen molar-refractivity contribution in [1.29, 1.82) is 0 Å². The largest absolute Gasteiger partial charge is 0.308 e. The smallest absolute Gasteiger partial charge is 0.0110 e. The summed E-state index contributed by atoms with van der Waals surface area (Å²) in [5, 5.41) is 1.20. The molecule has 0 spiro atoms. The van der Waals surface area contributed by atoms with Crippen molar-refractivity contribution in [2.24, 2.45) is 5.41 Å². The number of hydrogen-bond donors (Lipinski definition) is 0. The van der Waals surface area contributed by atoms with E-state index in [0.29, 0.717) is 5.41 Å². The Morgan fingerprint density at radius 2 is 1.48 bits per heavy atom. The first-order chi connectivity index (χ1) is 10.1. The fraction of sp³-hybridized carbons (Fsp3) is 1.00. The fourth-order valence-corrected chi connectivity index (χ4v) is 4.54. The second-order valence-corrected chi connectivity index (χ2v) is 8.03. The van der Waals surface area contributed by atoms with Crippen LogP contribution in [0.5, 0.6) is 0 Å². The molecule has 0 unspecified atom stereocenters. The molecule has 3 nitrogen and oxygen atoms in total. The molecule has 4 heteroatoms. The number of halogens is 1. The maximum absolute atomic E-state index is 3.84. The molecule has 124 valence electrons. The van der Waals surface area contributed by atoms with Crippen molar-refractivity contribution < 1.29 is 0 Å². The summed E-state index contributed by atoms with van der Waals surface area (Å²) in [6, 6.07) is 0. The summed E-state index contributed by atoms with van der Waals surface area (Å²) in [6.45, 7) is 8.78. The minimum Gasteiger partial charge on any atom is -0.308 e. The Kier molecular flexibility index (Phi) is 7.47. The molecule has 0 radical (unpaired) electrons. The second kappa shape index (κ2) is 8.85. The maximum Gasteiger partial charge on any atom is 0.0110 e. The van der Waals surface area contributed by atoms with Crippen LogP contribution in [0, 0.1) is 5.41 Å². The van der Waals surface area contributed by atoms with E-state index in [9.17, 15) is 0 Å². The molecule has 0 amide bonds. The standard InChI is InChI=1S/C17H34BrN3/c1-19(2)9-10-20-11-13-21(14-12-20)16-17(15-18)7-5-3-4-6-8-17/h3-16H2,1-2H3. The molecule has 2 aliphatic rings. The van der Waals surface area contributed by atoms with E-state index in [1.807, 2.05) is 0 Å². The molecule has 1 saturated carbocycles. The van der Waals surface area contributed by atoms with Gasteiger partial charge in [-0.2, -0.15) is 0 Å². The Labute approximate surface area is 140 Å². The van der Waals surface area contributed by atoms with E-state index in [2.05, 4.69) is 44.7 Å². The summed E-state index contributed by atoms with van der Waals surface area (Å²) in [4.78, 5) is 7.65. The van der Waals surface area contributed by atoms with E-state index in [4.69, 9.17) is 0 Å². The van der Waals surface area contributed by atoms with Crippen LogP contribution in [0.25, 0.3) is 0 Å². The van der Waals surface area contributed by atoms with Gasteiger partial charge in [-0.1, -0.05) is 41.6 Å². The lowest BCUT2D eigenvalue weighted by molar-refractivity contribution is 0.0830. The van der Waals surface area contributed by atoms with Crippen molar-refractivity contribution >= 4 is 15.9 Å². The normalized spacial score (nSPS) is 25.1. The van der Waals surface area contributed by atoms with Crippen LogP contribution in [0.1, 0.15) is 38.5 Å². The van der Waals surface area contributed by atoms with Crippen LogP contribution < -0.4 is 0 Å². The van der Waals surface area contributed by atoms with Crippen LogP contribution in [0.3, 0.4) is 0 Å². The summed E-state index contributed by atoms with van der Waals surface area (Å²) in [5.41, 5.74) is 0.558. The number of rotatable bonds is 6. The van der Waals surface area contributed by atoms with Crippen LogP contribution >= 0.6 is 15.9 Å². The Bertz CT molecular complexity index is 280. The van der Waals surface area contributed by atoms with Crippen LogP contribution in [-0.2, 0) is 0 Å². The van der Waals surface area contributed by atoms with Gasteiger partial charge in [-0.25, -0.2) is 0 Å². The molecule has 0 N–H and O–H groups in total. The predicted molar refractivity (Wildman–Crippen MR) is 95.4 cm³/mol. The Morgan fingerprint density at radius 1 is 0.905 bits per heavy atom. The molecule has 1 aliphatic heterocycles. The Balaban J connectivity index is 1.76. The number of likely N-dealkylation sites (N-methyl/N-ethyl adjacent to an activating group) is 1. The Hall–Kier alpha value is 0.360. The Morgan fingerprint density at radius 3 is 2.00 bits per heavy atom. The van der Waals surface area contributed by atoms with Crippen molar-refractivity contribution in [2.45, 2.75) is 38.5 Å². The lowest BCUT2D eigenvalue weighted by Gasteiger charge is -2.41. The van der Waals surface area contributed by atoms with Gasteiger partial charge in [0.05, 0.1) is 0 Å². The first-order valence-electron chi connectivity index (χ1n) is 8.79. The number of hydrogen-bond acceptors (Lipinski definition) is 3. The molecule has 2 rings (SSSR count). The third kappa shape index (κ3) is 5.81. The SMILES string of the molecule is CN(C)CCN1CCN(CC2(CBr)CCCCCC2)CC1. The molecular weight excluding hydrogens is 326 g/mol. The quantitative estimate of drug-likeness (QED) is 0.533. The van der Waals surface area contributed by atoms with Gasteiger partial charge in [0.15, 0.2) is 0 Å². The number of nitrogens with zero attached hydrogens (tertiary/aromatic N) is 3. The first kappa shape index (κ1) is 17.7. The van der Waals surface area contributed by atoms with Gasteiger partial charge in [0.2, 0.25) is 0 Å². The van der Waals surface area contributed by atoms with Gasteiger partial charge >= 0.3 is 0 Å². The van der Waals surface area contributed by atoms with Crippen molar-refractivity contribution in [2.75, 3.05) is 65.2 Å². The summed E-state index contributed by atoms with van der Waals surface area (Å²) in [5.74, 6) is 0. The van der Waals surface area contributed by atoms with Gasteiger partial charge in [-0.3, -0.25) is 4.90 Å². The van der Waals surface area contributed by atoms with Gasteiger partial charge in [0.1, 0.15) is 0 Å². The number of piperazine rings is 1. The van der Waals surface area contributed by atoms with Crippen LogP contribution in [0.15, 0.2) is 0 Å². The molecule has 2 fully saturated rings. The molecule has 21 heavy (non-hydrogen) atoms. The van der Waals surface area contributed by atoms with Gasteiger partial charge < -0.3 is 9.80 Å². The van der Waals surface area contributed by atoms with Gasteiger partial charge in [0, 0.05) is 51.1 Å². The lowest BCUT2D eigenvalue weighted by atomic mass is 9.82. The summed E-state index contributed by atoms with van der Waals surface area (Å²) >= 11 is 3.84. The van der Waals surface area contributed by atoms with E-state index < -0.39 is 0 Å². The molecular formula is C17H34BrN3. The van der Waals surface area contributed by atoms with E-state index in [1.54, 1.807) is 0 Å². The third-order valence-electron chi connectivity index (χ3n) is 5.34. The van der Waals surface area contributed by atoms with E-state index >= 15 is 0 Å². The molecule has 1 heterocycles. The molecule has 0 aromatic heterocycles. The van der Waals surface area contributed by atoms with Crippen molar-refractivity contribution in [3.63, 3.8) is 0 Å². The molecule has 0 bridgehead atoms. The lowest BCUT2D eigenvalue weighted by Crippen LogP contribution is -2.51. The zero-order chi connectivity index (χ0) is 15.1. The summed E-state index contributed by atoms with van der Waals surface area (Å²) < 4.78 is 0. The fourth-order valence-electron chi connectivity index (χ4n) is 3.80. The average molecular weight is 360 g/mol. The summed E-state index contributed by atoms with van der Waals surface area (Å²) in [6.07, 6.45) is 8.64. The highest BCUT2D eigenvalue weighted by Crippen LogP contribution is 2.37. The minimum absolute atomic E-state index is 0.558. The molecule has 0 aromatic rings. The number of alkyl halides is 1. The van der Waals surface area contributed by atoms with Crippen molar-refractivity contribution in [3.05, 3.63) is 0 Å². The minimum atomic E-state index is 0.558. The maximum atomic E-state index is 3.84. The van der Waals surface area contributed by atoms with Crippen LogP contribution in [-0.4, -0.2) is 79.9 Å². The molecule has 0 atom stereocenters. The van der Waals surface area contributed by atoms with E-state index in [1.165, 1.54) is 89.7 Å². The summed E-state index contributed by atoms with van der Waals surface area (Å²) in [7, 11) is 4.34. The molecule has 0 aromatic carbocycles. The van der Waals surface area contributed by atoms with Crippen LogP contribution in [0.2, 0.25) is 0 Å². The highest BCUT2D eigenvalue weighted by molar-refractivity contribution is 9.09. The van der Waals surface area contributed by atoms with E-state index in [0.717, 1.165) is 0 Å². The van der Waals surface area contributed by atoms with Crippen molar-refractivity contribution in [1.82, 2.24) is 14.7 Å². The average Bonchev–Trinajstić information content (AvgIpc) is 2.73. The zero-order valence-electron chi connectivity index (χ0n) is 14.1. The predicted octanol–water partition coefficient (Wildman–Crippen LogP) is 2.90. The highest BCUT2D eigenvalue weighted by Gasteiger charge is 2.32. The van der Waals surface area contributed by atoms with Crippen LogP contribution in [0.4, 0.5) is 0 Å². The topological polar surface area (TPSA) is 9.72 Å². The second-order valence-electron chi connectivity index (χ2n) is 7.47. The van der Waals surface area contributed by atoms with Gasteiger partial charge in [-0.05, 0) is 32.4 Å². The van der Waals surface area contributed by atoms with Gasteiger partial charge in [0.25, 0.3) is 0 Å².